The number of nitrogens with two attached hydrogens (primary N) is 1. The third-order valence-corrected chi connectivity index (χ3v) is 6.24. The molecule has 0 spiro atoms. The van der Waals surface area contributed by atoms with Crippen molar-refractivity contribution in [1.29, 1.82) is 0 Å². The molecule has 2 aromatic heterocycles. The monoisotopic (exact) mass is 461 g/mol. The molecule has 3 heterocycles. The normalized spacial score (nSPS) is 17.0. The van der Waals surface area contributed by atoms with Gasteiger partial charge >= 0.3 is 0 Å². The lowest BCUT2D eigenvalue weighted by atomic mass is 9.94. The molecule has 3 aromatic rings. The van der Waals surface area contributed by atoms with Crippen LogP contribution < -0.4 is 21.5 Å². The lowest BCUT2D eigenvalue weighted by molar-refractivity contribution is 0.717. The number of hydrogen-bond donors (Lipinski definition) is 2. The number of anilines is 2. The Hall–Kier alpha value is -3.35. The topological polar surface area (TPSA) is 76.2 Å². The zero-order valence-electron chi connectivity index (χ0n) is 19.3. The van der Waals surface area contributed by atoms with Crippen LogP contribution in [0.1, 0.15) is 29.8 Å². The molecule has 33 heavy (non-hydrogen) atoms. The smallest absolute Gasteiger partial charge is 0.253 e. The van der Waals surface area contributed by atoms with E-state index in [9.17, 15) is 4.79 Å². The molecule has 0 saturated carbocycles. The lowest BCUT2D eigenvalue weighted by Crippen LogP contribution is -2.30. The summed E-state index contributed by atoms with van der Waals surface area (Å²) in [5.41, 5.74) is 13.5. The van der Waals surface area contributed by atoms with E-state index in [1.807, 2.05) is 69.4 Å². The predicted octanol–water partition coefficient (Wildman–Crippen LogP) is 4.84. The third-order valence-electron chi connectivity index (χ3n) is 5.99. The Morgan fingerprint density at radius 3 is 2.52 bits per heavy atom. The van der Waals surface area contributed by atoms with Crippen molar-refractivity contribution in [2.75, 3.05) is 10.2 Å². The molecule has 1 aliphatic rings. The maximum Gasteiger partial charge on any atom is 0.253 e. The maximum atomic E-state index is 12.4. The Morgan fingerprint density at radius 1 is 1.21 bits per heavy atom. The van der Waals surface area contributed by atoms with Crippen LogP contribution in [0.25, 0.3) is 0 Å². The largest absolute Gasteiger partial charge is 0.352 e. The average molecular weight is 462 g/mol. The number of halogens is 1. The first-order chi connectivity index (χ1) is 15.7. The fraction of sp³-hybridized carbons (Fsp3) is 0.231. The van der Waals surface area contributed by atoms with E-state index < -0.39 is 0 Å². The van der Waals surface area contributed by atoms with Crippen LogP contribution in [0.15, 0.2) is 83.2 Å². The van der Waals surface area contributed by atoms with Gasteiger partial charge in [-0.15, -0.1) is 0 Å². The number of hydrogen-bond acceptors (Lipinski definition) is 5. The van der Waals surface area contributed by atoms with Crippen molar-refractivity contribution in [3.63, 3.8) is 0 Å². The first-order valence-electron chi connectivity index (χ1n) is 10.8. The fourth-order valence-corrected chi connectivity index (χ4v) is 4.48. The van der Waals surface area contributed by atoms with Crippen LogP contribution in [0.2, 0.25) is 5.02 Å². The van der Waals surface area contributed by atoms with E-state index in [2.05, 4.69) is 21.8 Å². The Kier molecular flexibility index (Phi) is 6.15. The van der Waals surface area contributed by atoms with Crippen LogP contribution in [0.5, 0.6) is 0 Å². The summed E-state index contributed by atoms with van der Waals surface area (Å²) in [6.07, 6.45) is 3.60. The number of aryl methyl sites for hydroxylation is 3. The summed E-state index contributed by atoms with van der Waals surface area (Å²) in [4.78, 5) is 18.9. The lowest BCUT2D eigenvalue weighted by Gasteiger charge is -2.31. The van der Waals surface area contributed by atoms with Gasteiger partial charge in [0.1, 0.15) is 0 Å². The van der Waals surface area contributed by atoms with Gasteiger partial charge < -0.3 is 20.5 Å². The third kappa shape index (κ3) is 4.19. The summed E-state index contributed by atoms with van der Waals surface area (Å²) < 4.78 is 1.60. The predicted molar refractivity (Wildman–Crippen MR) is 136 cm³/mol. The second kappa shape index (κ2) is 8.89. The van der Waals surface area contributed by atoms with Crippen LogP contribution in [0, 0.1) is 13.8 Å². The van der Waals surface area contributed by atoms with Crippen molar-refractivity contribution in [3.05, 3.63) is 111 Å². The van der Waals surface area contributed by atoms with Gasteiger partial charge in [0.25, 0.3) is 5.56 Å². The Balaban J connectivity index is 1.93. The van der Waals surface area contributed by atoms with Crippen molar-refractivity contribution in [2.45, 2.75) is 32.9 Å². The number of pyridine rings is 2. The number of rotatable bonds is 5. The minimum absolute atomic E-state index is 0.0312. The van der Waals surface area contributed by atoms with Crippen molar-refractivity contribution in [2.24, 2.45) is 12.8 Å². The van der Waals surface area contributed by atoms with E-state index in [0.717, 1.165) is 39.6 Å². The van der Waals surface area contributed by atoms with Gasteiger partial charge in [-0.2, -0.15) is 0 Å². The second-order valence-corrected chi connectivity index (χ2v) is 8.88. The maximum absolute atomic E-state index is 12.4. The summed E-state index contributed by atoms with van der Waals surface area (Å²) in [6.45, 7) is 10.2. The molecule has 1 aromatic carbocycles. The summed E-state index contributed by atoms with van der Waals surface area (Å²) in [6, 6.07) is 13.0. The highest BCUT2D eigenvalue weighted by atomic mass is 35.5. The molecule has 4 rings (SSSR count). The van der Waals surface area contributed by atoms with E-state index in [1.165, 1.54) is 0 Å². The van der Waals surface area contributed by atoms with Crippen LogP contribution in [0.3, 0.4) is 0 Å². The number of nitrogens with one attached hydrogen (secondary N) is 1. The van der Waals surface area contributed by atoms with Crippen LogP contribution >= 0.6 is 11.6 Å². The second-order valence-electron chi connectivity index (χ2n) is 8.45. The molecule has 0 radical (unpaired) electrons. The fourth-order valence-electron chi connectivity index (χ4n) is 4.36. The Labute approximate surface area is 199 Å². The molecule has 2 unspecified atom stereocenters. The van der Waals surface area contributed by atoms with E-state index in [-0.39, 0.29) is 17.6 Å². The summed E-state index contributed by atoms with van der Waals surface area (Å²) in [7, 11) is 1.76. The number of benzene rings is 1. The van der Waals surface area contributed by atoms with Crippen LogP contribution in [-0.2, 0) is 7.05 Å². The van der Waals surface area contributed by atoms with Gasteiger partial charge in [0, 0.05) is 36.1 Å². The van der Waals surface area contributed by atoms with E-state index >= 15 is 0 Å². The highest BCUT2D eigenvalue weighted by Crippen LogP contribution is 2.46. The van der Waals surface area contributed by atoms with Gasteiger partial charge in [0.05, 0.1) is 34.5 Å². The van der Waals surface area contributed by atoms with E-state index in [4.69, 9.17) is 17.3 Å². The highest BCUT2D eigenvalue weighted by molar-refractivity contribution is 6.30. The molecule has 0 bridgehead atoms. The first kappa shape index (κ1) is 22.8. The van der Waals surface area contributed by atoms with E-state index in [1.54, 1.807) is 17.8 Å². The van der Waals surface area contributed by atoms with Crippen LogP contribution in [0.4, 0.5) is 11.4 Å². The molecule has 0 amide bonds. The van der Waals surface area contributed by atoms with Gasteiger partial charge in [0.2, 0.25) is 0 Å². The summed E-state index contributed by atoms with van der Waals surface area (Å²) in [5.74, 6) is 0. The number of nitrogens with zero attached hydrogens (tertiary/aromatic N) is 3. The van der Waals surface area contributed by atoms with Gasteiger partial charge in [0.15, 0.2) is 0 Å². The Bertz CT molecular complexity index is 1280. The van der Waals surface area contributed by atoms with Crippen molar-refractivity contribution < 1.29 is 0 Å². The SMILES string of the molecule is C=C1C(Nc2cccnc2C)=C(C(C)N)C(c2ccc(Cl)cc2)N1c1cc(C)c(=O)n(C)c1. The minimum Gasteiger partial charge on any atom is -0.352 e. The van der Waals surface area contributed by atoms with Crippen molar-refractivity contribution in [3.8, 4) is 0 Å². The molecule has 6 nitrogen and oxygen atoms in total. The molecule has 0 fully saturated rings. The van der Waals surface area contributed by atoms with Crippen molar-refractivity contribution in [1.82, 2.24) is 9.55 Å². The summed E-state index contributed by atoms with van der Waals surface area (Å²) >= 11 is 6.19. The molecule has 0 aliphatic carbocycles. The molecule has 2 atom stereocenters. The van der Waals surface area contributed by atoms with Gasteiger partial charge in [-0.25, -0.2) is 0 Å². The zero-order chi connectivity index (χ0) is 23.9. The van der Waals surface area contributed by atoms with Gasteiger partial charge in [-0.3, -0.25) is 9.78 Å². The molecule has 0 saturated heterocycles. The summed E-state index contributed by atoms with van der Waals surface area (Å²) in [5, 5.41) is 4.21. The minimum atomic E-state index is -0.263. The van der Waals surface area contributed by atoms with Crippen molar-refractivity contribution >= 4 is 23.0 Å². The van der Waals surface area contributed by atoms with E-state index in [0.29, 0.717) is 10.6 Å². The van der Waals surface area contributed by atoms with Crippen LogP contribution in [-0.4, -0.2) is 15.6 Å². The Morgan fingerprint density at radius 2 is 1.91 bits per heavy atom. The quantitative estimate of drug-likeness (QED) is 0.568. The van der Waals surface area contributed by atoms with Gasteiger partial charge in [-0.05, 0) is 62.2 Å². The average Bonchev–Trinajstić information content (AvgIpc) is 3.06. The molecule has 7 heteroatoms. The van der Waals surface area contributed by atoms with Gasteiger partial charge in [-0.1, -0.05) is 30.3 Å². The number of aromatic nitrogens is 2. The highest BCUT2D eigenvalue weighted by Gasteiger charge is 2.39. The molecule has 170 valence electrons. The standard InChI is InChI=1S/C26H28ClN5O/c1-15-13-21(14-31(5)26(15)33)32-18(4)24(30-22-7-6-12-29-17(22)3)23(16(2)28)25(32)19-8-10-20(27)11-9-19/h6-14,16,25,30H,4,28H2,1-3,5H3. The zero-order valence-corrected chi connectivity index (χ0v) is 20.0. The molecular weight excluding hydrogens is 434 g/mol. The first-order valence-corrected chi connectivity index (χ1v) is 11.2. The molecule has 1 aliphatic heterocycles. The molecular formula is C26H28ClN5O. The molecule has 3 N–H and O–H groups in total.